The molecule has 3 aromatic rings. The van der Waals surface area contributed by atoms with Gasteiger partial charge in [-0.15, -0.1) is 0 Å². The summed E-state index contributed by atoms with van der Waals surface area (Å²) in [6.45, 7) is 3.66. The van der Waals surface area contributed by atoms with Crippen LogP contribution >= 0.6 is 0 Å². The highest BCUT2D eigenvalue weighted by atomic mass is 28.4. The molecule has 4 rings (SSSR count). The molecular weight excluding hydrogens is 380 g/mol. The van der Waals surface area contributed by atoms with Crippen LogP contribution in [0.1, 0.15) is 13.8 Å². The van der Waals surface area contributed by atoms with Crippen LogP contribution in [0, 0.1) is 0 Å². The first-order valence-corrected chi connectivity index (χ1v) is 11.5. The Labute approximate surface area is 172 Å². The van der Waals surface area contributed by atoms with E-state index in [1.165, 1.54) is 7.11 Å². The minimum absolute atomic E-state index is 0.833. The minimum Gasteiger partial charge on any atom is -0.335 e. The summed E-state index contributed by atoms with van der Waals surface area (Å²) in [5.74, 6) is 0. The van der Waals surface area contributed by atoms with Gasteiger partial charge >= 0.3 is 6.10 Å². The molecule has 0 aliphatic carbocycles. The fourth-order valence-electron chi connectivity index (χ4n) is 3.59. The van der Waals surface area contributed by atoms with Crippen molar-refractivity contribution in [1.29, 1.82) is 0 Å². The van der Waals surface area contributed by atoms with Crippen LogP contribution in [0.25, 0.3) is 0 Å². The fourth-order valence-corrected chi connectivity index (χ4v) is 7.48. The molecule has 3 aromatic carbocycles. The average Bonchev–Trinajstić information content (AvgIpc) is 3.09. The summed E-state index contributed by atoms with van der Waals surface area (Å²) >= 11 is 0. The van der Waals surface area contributed by atoms with Crippen molar-refractivity contribution in [2.24, 2.45) is 10.2 Å². The number of methoxy groups -OCH3 is 1. The molecule has 1 unspecified atom stereocenters. The largest absolute Gasteiger partial charge is 0.406 e. The van der Waals surface area contributed by atoms with Crippen LogP contribution in [0.2, 0.25) is 0 Å². The number of benzene rings is 3. The second-order valence-electron chi connectivity index (χ2n) is 7.36. The second kappa shape index (κ2) is 7.65. The zero-order chi connectivity index (χ0) is 20.4. The van der Waals surface area contributed by atoms with E-state index in [1.54, 1.807) is 0 Å². The smallest absolute Gasteiger partial charge is 0.335 e. The molecule has 0 saturated carbocycles. The highest BCUT2D eigenvalue weighted by Crippen LogP contribution is 2.35. The van der Waals surface area contributed by atoms with Gasteiger partial charge in [-0.1, -0.05) is 96.1 Å². The lowest BCUT2D eigenvalue weighted by molar-refractivity contribution is -0.342. The number of azo groups is 1. The van der Waals surface area contributed by atoms with Crippen molar-refractivity contribution in [3.63, 3.8) is 0 Å². The lowest BCUT2D eigenvalue weighted by Gasteiger charge is -2.38. The third-order valence-electron chi connectivity index (χ3n) is 4.87. The SMILES string of the molecule is COC1(O[Si](c2ccccc2)(c2ccccc2)c2ccccc2)N=NC(C)(C)O1. The first-order valence-electron chi connectivity index (χ1n) is 9.56. The van der Waals surface area contributed by atoms with Gasteiger partial charge < -0.3 is 9.16 Å². The molecule has 6 heteroatoms. The third kappa shape index (κ3) is 3.67. The Morgan fingerprint density at radius 2 is 1.10 bits per heavy atom. The molecule has 0 fully saturated rings. The monoisotopic (exact) mass is 404 g/mol. The van der Waals surface area contributed by atoms with Crippen LogP contribution in [0.3, 0.4) is 0 Å². The molecule has 0 spiro atoms. The Balaban J connectivity index is 1.97. The summed E-state index contributed by atoms with van der Waals surface area (Å²) in [4.78, 5) is 0. The first kappa shape index (κ1) is 19.7. The Kier molecular flexibility index (Phi) is 5.18. The maximum atomic E-state index is 6.86. The number of hydrogen-bond acceptors (Lipinski definition) is 5. The molecule has 29 heavy (non-hydrogen) atoms. The van der Waals surface area contributed by atoms with Gasteiger partial charge in [0.15, 0.2) is 5.72 Å². The molecule has 0 saturated heterocycles. The number of rotatable bonds is 6. The number of hydrogen-bond donors (Lipinski definition) is 0. The van der Waals surface area contributed by atoms with Gasteiger partial charge in [0, 0.05) is 7.11 Å². The van der Waals surface area contributed by atoms with Crippen molar-refractivity contribution in [3.8, 4) is 0 Å². The Hall–Kier alpha value is -2.64. The fraction of sp³-hybridized carbons (Fsp3) is 0.217. The van der Waals surface area contributed by atoms with Crippen molar-refractivity contribution in [3.05, 3.63) is 91.0 Å². The minimum atomic E-state index is -3.05. The first-order chi connectivity index (χ1) is 14.0. The predicted molar refractivity (Wildman–Crippen MR) is 115 cm³/mol. The van der Waals surface area contributed by atoms with Gasteiger partial charge in [0.2, 0.25) is 0 Å². The van der Waals surface area contributed by atoms with Crippen LogP contribution in [0.4, 0.5) is 0 Å². The molecule has 0 N–H and O–H groups in total. The van der Waals surface area contributed by atoms with E-state index < -0.39 is 20.1 Å². The zero-order valence-corrected chi connectivity index (χ0v) is 17.8. The van der Waals surface area contributed by atoms with Crippen molar-refractivity contribution in [1.82, 2.24) is 0 Å². The summed E-state index contributed by atoms with van der Waals surface area (Å²) in [6.07, 6.45) is -1.61. The van der Waals surface area contributed by atoms with Crippen molar-refractivity contribution < 1.29 is 13.9 Å². The van der Waals surface area contributed by atoms with Crippen LogP contribution in [-0.2, 0) is 13.9 Å². The number of ether oxygens (including phenoxy) is 2. The highest BCUT2D eigenvalue weighted by Gasteiger charge is 2.54. The quantitative estimate of drug-likeness (QED) is 0.360. The molecule has 0 radical (unpaired) electrons. The van der Waals surface area contributed by atoms with Gasteiger partial charge in [-0.3, -0.25) is 4.74 Å². The van der Waals surface area contributed by atoms with E-state index in [2.05, 4.69) is 46.6 Å². The molecule has 1 aliphatic heterocycles. The van der Waals surface area contributed by atoms with Crippen LogP contribution in [0.15, 0.2) is 101 Å². The van der Waals surface area contributed by atoms with Gasteiger partial charge in [0.05, 0.1) is 0 Å². The zero-order valence-electron chi connectivity index (χ0n) is 16.8. The van der Waals surface area contributed by atoms with E-state index in [-0.39, 0.29) is 0 Å². The van der Waals surface area contributed by atoms with E-state index in [9.17, 15) is 0 Å². The number of nitrogens with zero attached hydrogens (tertiary/aromatic N) is 2. The summed E-state index contributed by atoms with van der Waals surface area (Å²) in [5.41, 5.74) is -0.833. The Bertz CT molecular complexity index is 884. The summed E-state index contributed by atoms with van der Waals surface area (Å²) < 4.78 is 18.6. The van der Waals surface area contributed by atoms with E-state index in [0.29, 0.717) is 0 Å². The predicted octanol–water partition coefficient (Wildman–Crippen LogP) is 3.15. The molecule has 148 valence electrons. The van der Waals surface area contributed by atoms with Crippen LogP contribution < -0.4 is 15.6 Å². The molecule has 0 aromatic heterocycles. The Morgan fingerprint density at radius 3 is 1.41 bits per heavy atom. The van der Waals surface area contributed by atoms with Crippen molar-refractivity contribution in [2.75, 3.05) is 7.11 Å². The third-order valence-corrected chi connectivity index (χ3v) is 8.88. The van der Waals surface area contributed by atoms with Crippen LogP contribution in [0.5, 0.6) is 0 Å². The lowest BCUT2D eigenvalue weighted by atomic mass is 10.3. The Morgan fingerprint density at radius 1 is 0.690 bits per heavy atom. The maximum absolute atomic E-state index is 6.86. The van der Waals surface area contributed by atoms with E-state index in [1.807, 2.05) is 68.4 Å². The van der Waals surface area contributed by atoms with Gasteiger partial charge in [0.25, 0.3) is 8.32 Å². The maximum Gasteiger partial charge on any atom is 0.406 e. The van der Waals surface area contributed by atoms with E-state index in [4.69, 9.17) is 13.9 Å². The van der Waals surface area contributed by atoms with Gasteiger partial charge in [-0.25, -0.2) is 0 Å². The molecule has 0 amide bonds. The topological polar surface area (TPSA) is 52.4 Å². The van der Waals surface area contributed by atoms with Gasteiger partial charge in [-0.05, 0) is 29.4 Å². The van der Waals surface area contributed by atoms with Crippen LogP contribution in [-0.4, -0.2) is 27.2 Å². The molecule has 5 nitrogen and oxygen atoms in total. The molecule has 0 bridgehead atoms. The summed E-state index contributed by atoms with van der Waals surface area (Å²) in [7, 11) is -1.52. The molecule has 1 heterocycles. The average molecular weight is 405 g/mol. The summed E-state index contributed by atoms with van der Waals surface area (Å²) in [5, 5.41) is 11.7. The van der Waals surface area contributed by atoms with E-state index >= 15 is 0 Å². The second-order valence-corrected chi connectivity index (χ2v) is 10.7. The highest BCUT2D eigenvalue weighted by molar-refractivity contribution is 7.07. The van der Waals surface area contributed by atoms with Crippen molar-refractivity contribution >= 4 is 23.9 Å². The molecule has 1 atom stereocenters. The lowest BCUT2D eigenvalue weighted by Crippen LogP contribution is -2.72. The van der Waals surface area contributed by atoms with Crippen molar-refractivity contribution in [2.45, 2.75) is 25.7 Å². The standard InChI is InChI=1S/C23H24N2O3Si/c1-22(2)24-25-23(26-3,27-22)28-29(19-13-7-4-8-14-19,20-15-9-5-10-16-20)21-17-11-6-12-18-21/h4-18H,1-3H3. The van der Waals surface area contributed by atoms with Gasteiger partial charge in [0.1, 0.15) is 0 Å². The molecule has 1 aliphatic rings. The normalized spacial score (nSPS) is 20.7. The van der Waals surface area contributed by atoms with E-state index in [0.717, 1.165) is 15.6 Å². The summed E-state index contributed by atoms with van der Waals surface area (Å²) in [6, 6.07) is 30.7. The molecular formula is C23H24N2O3Si. The van der Waals surface area contributed by atoms with Gasteiger partial charge in [-0.2, -0.15) is 5.11 Å².